The molecule has 7 heteroatoms. The van der Waals surface area contributed by atoms with Crippen LogP contribution in [0.2, 0.25) is 0 Å². The summed E-state index contributed by atoms with van der Waals surface area (Å²) in [5, 5.41) is 9.40. The molecule has 3 fully saturated rings. The summed E-state index contributed by atoms with van der Waals surface area (Å²) in [6.07, 6.45) is 2.56. The van der Waals surface area contributed by atoms with Gasteiger partial charge < -0.3 is 19.8 Å². The number of aliphatic hydroxyl groups excluding tert-OH is 1. The maximum Gasteiger partial charge on any atom is 0.241 e. The summed E-state index contributed by atoms with van der Waals surface area (Å²) < 4.78 is 0. The van der Waals surface area contributed by atoms with Crippen LogP contribution in [-0.2, 0) is 14.4 Å². The number of amides is 3. The normalized spacial score (nSPS) is 33.3. The van der Waals surface area contributed by atoms with Gasteiger partial charge in [-0.1, -0.05) is 0 Å². The fourth-order valence-corrected chi connectivity index (χ4v) is 3.94. The number of nitrogens with zero attached hydrogens (tertiary/aromatic N) is 3. The fourth-order valence-electron chi connectivity index (χ4n) is 3.94. The van der Waals surface area contributed by atoms with E-state index in [0.717, 1.165) is 6.42 Å². The largest absolute Gasteiger partial charge is 0.393 e. The molecule has 0 unspecified atom stereocenters. The van der Waals surface area contributed by atoms with Crippen LogP contribution in [0, 0.1) is 5.92 Å². The summed E-state index contributed by atoms with van der Waals surface area (Å²) in [5.74, 6) is -0.0463. The molecule has 0 aromatic heterocycles. The average molecular weight is 323 g/mol. The molecule has 3 rings (SSSR count). The maximum atomic E-state index is 12.6. The lowest BCUT2D eigenvalue weighted by Crippen LogP contribution is -2.56. The Morgan fingerprint density at radius 3 is 2.52 bits per heavy atom. The van der Waals surface area contributed by atoms with Crippen LogP contribution in [0.4, 0.5) is 0 Å². The van der Waals surface area contributed by atoms with Crippen molar-refractivity contribution < 1.29 is 19.5 Å². The predicted molar refractivity (Wildman–Crippen MR) is 82.3 cm³/mol. The van der Waals surface area contributed by atoms with Crippen molar-refractivity contribution in [1.29, 1.82) is 0 Å². The van der Waals surface area contributed by atoms with Crippen LogP contribution in [0.15, 0.2) is 0 Å². The summed E-state index contributed by atoms with van der Waals surface area (Å²) in [6, 6.07) is -0.0259. The highest BCUT2D eigenvalue weighted by atomic mass is 16.3. The van der Waals surface area contributed by atoms with E-state index in [1.165, 1.54) is 4.90 Å². The quantitative estimate of drug-likeness (QED) is 0.755. The van der Waals surface area contributed by atoms with E-state index in [1.54, 1.807) is 19.0 Å². The van der Waals surface area contributed by atoms with Crippen molar-refractivity contribution in [3.05, 3.63) is 0 Å². The summed E-state index contributed by atoms with van der Waals surface area (Å²) in [7, 11) is 3.36. The average Bonchev–Trinajstić information content (AvgIpc) is 2.90. The summed E-state index contributed by atoms with van der Waals surface area (Å²) in [6.45, 7) is 0.734. The zero-order valence-electron chi connectivity index (χ0n) is 13.8. The second-order valence-electron chi connectivity index (χ2n) is 7.13. The smallest absolute Gasteiger partial charge is 0.241 e. The number of hydrogen-bond acceptors (Lipinski definition) is 4. The van der Waals surface area contributed by atoms with Gasteiger partial charge in [0.1, 0.15) is 6.54 Å². The van der Waals surface area contributed by atoms with Crippen LogP contribution in [0.5, 0.6) is 0 Å². The molecule has 1 aliphatic carbocycles. The first-order valence-corrected chi connectivity index (χ1v) is 8.36. The Labute approximate surface area is 136 Å². The van der Waals surface area contributed by atoms with Crippen LogP contribution < -0.4 is 0 Å². The summed E-state index contributed by atoms with van der Waals surface area (Å²) in [5.41, 5.74) is 0. The molecular formula is C16H25N3O4. The molecule has 2 atom stereocenters. The third-order valence-corrected chi connectivity index (χ3v) is 5.43. The van der Waals surface area contributed by atoms with Gasteiger partial charge >= 0.3 is 0 Å². The number of carbonyl (C=O) groups is 3. The van der Waals surface area contributed by atoms with E-state index in [9.17, 15) is 19.5 Å². The van der Waals surface area contributed by atoms with E-state index < -0.39 is 0 Å². The minimum atomic E-state index is -0.343. The zero-order valence-corrected chi connectivity index (χ0v) is 13.8. The zero-order chi connectivity index (χ0) is 16.7. The molecule has 128 valence electrons. The molecule has 0 aromatic rings. The van der Waals surface area contributed by atoms with Gasteiger partial charge in [-0.15, -0.1) is 0 Å². The monoisotopic (exact) mass is 323 g/mol. The molecule has 1 saturated carbocycles. The van der Waals surface area contributed by atoms with Crippen LogP contribution in [0.1, 0.15) is 32.1 Å². The van der Waals surface area contributed by atoms with Crippen LogP contribution in [-0.4, -0.2) is 82.9 Å². The Hall–Kier alpha value is -1.63. The van der Waals surface area contributed by atoms with E-state index in [4.69, 9.17) is 0 Å². The van der Waals surface area contributed by atoms with Gasteiger partial charge in [0.25, 0.3) is 0 Å². The van der Waals surface area contributed by atoms with Gasteiger partial charge in [-0.3, -0.25) is 14.4 Å². The summed E-state index contributed by atoms with van der Waals surface area (Å²) >= 11 is 0. The van der Waals surface area contributed by atoms with Crippen molar-refractivity contribution in [1.82, 2.24) is 14.7 Å². The Balaban J connectivity index is 1.68. The number of likely N-dealkylation sites (N-methyl/N-ethyl adjacent to an activating group) is 1. The van der Waals surface area contributed by atoms with Gasteiger partial charge in [0.2, 0.25) is 17.7 Å². The standard InChI is InChI=1S/C16H25N3O4/c1-17(2)15(22)9-19-13-5-6-18(12(13)3-4-14(19)21)16(23)10-7-11(20)8-10/h10-13,20H,3-9H2,1-2H3/t10?,11?,12-,13-/m1/s1. The molecule has 23 heavy (non-hydrogen) atoms. The third kappa shape index (κ3) is 2.94. The lowest BCUT2D eigenvalue weighted by molar-refractivity contribution is -0.149. The minimum Gasteiger partial charge on any atom is -0.393 e. The first-order valence-electron chi connectivity index (χ1n) is 8.36. The number of carbonyl (C=O) groups excluding carboxylic acids is 3. The molecular weight excluding hydrogens is 298 g/mol. The van der Waals surface area contributed by atoms with Crippen molar-refractivity contribution >= 4 is 17.7 Å². The SMILES string of the molecule is CN(C)C(=O)CN1C(=O)CC[C@@H]2[C@H]1CCN2C(=O)C1CC(O)C1. The number of rotatable bonds is 3. The molecule has 2 heterocycles. The highest BCUT2D eigenvalue weighted by molar-refractivity contribution is 5.86. The van der Waals surface area contributed by atoms with Crippen molar-refractivity contribution in [3.63, 3.8) is 0 Å². The number of aliphatic hydroxyl groups is 1. The predicted octanol–water partition coefficient (Wildman–Crippen LogP) is -0.563. The molecule has 2 aliphatic heterocycles. The Morgan fingerprint density at radius 1 is 1.22 bits per heavy atom. The van der Waals surface area contributed by atoms with Gasteiger partial charge in [0, 0.05) is 33.0 Å². The van der Waals surface area contributed by atoms with Gasteiger partial charge in [-0.25, -0.2) is 0 Å². The number of hydrogen-bond donors (Lipinski definition) is 1. The topological polar surface area (TPSA) is 81.2 Å². The Kier molecular flexibility index (Phi) is 4.31. The van der Waals surface area contributed by atoms with Crippen LogP contribution >= 0.6 is 0 Å². The van der Waals surface area contributed by atoms with E-state index in [1.807, 2.05) is 4.90 Å². The number of piperidine rings is 1. The van der Waals surface area contributed by atoms with E-state index in [-0.39, 0.29) is 48.4 Å². The highest BCUT2D eigenvalue weighted by Crippen LogP contribution is 2.36. The lowest BCUT2D eigenvalue weighted by atomic mass is 9.81. The Morgan fingerprint density at radius 2 is 1.91 bits per heavy atom. The molecule has 1 N–H and O–H groups in total. The first kappa shape index (κ1) is 16.2. The molecule has 0 spiro atoms. The van der Waals surface area contributed by atoms with Gasteiger partial charge in [-0.05, 0) is 25.7 Å². The first-order chi connectivity index (χ1) is 10.9. The maximum absolute atomic E-state index is 12.6. The second-order valence-corrected chi connectivity index (χ2v) is 7.13. The lowest BCUT2D eigenvalue weighted by Gasteiger charge is -2.41. The molecule has 3 amide bonds. The molecule has 7 nitrogen and oxygen atoms in total. The summed E-state index contributed by atoms with van der Waals surface area (Å²) in [4.78, 5) is 41.8. The van der Waals surface area contributed by atoms with Gasteiger partial charge in [0.15, 0.2) is 0 Å². The van der Waals surface area contributed by atoms with Crippen LogP contribution in [0.3, 0.4) is 0 Å². The second kappa shape index (κ2) is 6.11. The number of fused-ring (bicyclic) bond motifs is 1. The van der Waals surface area contributed by atoms with Crippen molar-refractivity contribution in [3.8, 4) is 0 Å². The Bertz CT molecular complexity index is 515. The van der Waals surface area contributed by atoms with E-state index >= 15 is 0 Å². The van der Waals surface area contributed by atoms with E-state index in [0.29, 0.717) is 32.2 Å². The molecule has 0 bridgehead atoms. The molecule has 0 radical (unpaired) electrons. The third-order valence-electron chi connectivity index (χ3n) is 5.43. The highest BCUT2D eigenvalue weighted by Gasteiger charge is 2.47. The van der Waals surface area contributed by atoms with E-state index in [2.05, 4.69) is 0 Å². The van der Waals surface area contributed by atoms with Gasteiger partial charge in [-0.2, -0.15) is 0 Å². The van der Waals surface area contributed by atoms with Crippen molar-refractivity contribution in [2.24, 2.45) is 5.92 Å². The fraction of sp³-hybridized carbons (Fsp3) is 0.812. The molecule has 3 aliphatic rings. The molecule has 2 saturated heterocycles. The minimum absolute atomic E-state index is 0.00909. The molecule has 0 aromatic carbocycles. The van der Waals surface area contributed by atoms with Crippen molar-refractivity contribution in [2.75, 3.05) is 27.2 Å². The number of likely N-dealkylation sites (tertiary alicyclic amines) is 2. The van der Waals surface area contributed by atoms with Crippen molar-refractivity contribution in [2.45, 2.75) is 50.3 Å². The van der Waals surface area contributed by atoms with Crippen LogP contribution in [0.25, 0.3) is 0 Å². The van der Waals surface area contributed by atoms with Gasteiger partial charge in [0.05, 0.1) is 18.2 Å².